The summed E-state index contributed by atoms with van der Waals surface area (Å²) in [6.07, 6.45) is 8.44. The first-order valence-electron chi connectivity index (χ1n) is 12.1. The number of hydrogen-bond donors (Lipinski definition) is 1. The van der Waals surface area contributed by atoms with Gasteiger partial charge in [-0.05, 0) is 51.8 Å². The summed E-state index contributed by atoms with van der Waals surface area (Å²) in [7, 11) is 0. The van der Waals surface area contributed by atoms with Gasteiger partial charge in [0.2, 0.25) is 5.79 Å². The fourth-order valence-electron chi connectivity index (χ4n) is 4.31. The molecule has 0 aliphatic carbocycles. The second kappa shape index (κ2) is 12.9. The Morgan fingerprint density at radius 3 is 1.84 bits per heavy atom. The molecule has 1 atom stereocenters. The van der Waals surface area contributed by atoms with Crippen LogP contribution in [0.25, 0.3) is 0 Å². The van der Waals surface area contributed by atoms with Gasteiger partial charge in [0, 0.05) is 11.5 Å². The summed E-state index contributed by atoms with van der Waals surface area (Å²) in [5.74, 6) is -0.585. The fraction of sp³-hybridized carbons (Fsp3) is 0.571. The number of aromatic hydroxyl groups is 1. The highest BCUT2D eigenvalue weighted by molar-refractivity contribution is 5.33. The lowest BCUT2D eigenvalue weighted by Crippen LogP contribution is -2.43. The third-order valence-electron chi connectivity index (χ3n) is 5.60. The molecule has 0 aromatic heterocycles. The molecule has 0 aliphatic rings. The summed E-state index contributed by atoms with van der Waals surface area (Å²) < 4.78 is 13.4. The van der Waals surface area contributed by atoms with E-state index >= 15 is 0 Å². The van der Waals surface area contributed by atoms with Gasteiger partial charge in [0.15, 0.2) is 0 Å². The predicted molar refractivity (Wildman–Crippen MR) is 129 cm³/mol. The van der Waals surface area contributed by atoms with E-state index in [1.807, 2.05) is 18.2 Å². The minimum Gasteiger partial charge on any atom is -0.508 e. The van der Waals surface area contributed by atoms with Crippen LogP contribution in [0.15, 0.2) is 54.6 Å². The maximum absolute atomic E-state index is 9.88. The molecule has 0 saturated heterocycles. The van der Waals surface area contributed by atoms with E-state index in [-0.39, 0.29) is 23.9 Å². The van der Waals surface area contributed by atoms with Gasteiger partial charge >= 0.3 is 0 Å². The molecule has 3 nitrogen and oxygen atoms in total. The first kappa shape index (κ1) is 25.4. The Bertz CT molecular complexity index is 712. The van der Waals surface area contributed by atoms with Gasteiger partial charge in [-0.2, -0.15) is 0 Å². The molecule has 0 fully saturated rings. The van der Waals surface area contributed by atoms with Crippen molar-refractivity contribution in [3.05, 3.63) is 65.7 Å². The SMILES string of the molecule is CCCCCCCCC(c1ccc(O)cc1)C(OC(C)C)(OC(C)C)c1ccccc1. The van der Waals surface area contributed by atoms with Crippen molar-refractivity contribution < 1.29 is 14.6 Å². The van der Waals surface area contributed by atoms with E-state index in [0.717, 1.165) is 24.0 Å². The molecule has 31 heavy (non-hydrogen) atoms. The number of rotatable bonds is 14. The minimum atomic E-state index is -0.885. The Morgan fingerprint density at radius 2 is 1.29 bits per heavy atom. The summed E-state index contributed by atoms with van der Waals surface area (Å²) in [4.78, 5) is 0. The molecule has 2 aromatic rings. The van der Waals surface area contributed by atoms with Crippen LogP contribution >= 0.6 is 0 Å². The van der Waals surface area contributed by atoms with Crippen molar-refractivity contribution in [2.45, 2.75) is 103 Å². The van der Waals surface area contributed by atoms with Crippen molar-refractivity contribution >= 4 is 0 Å². The molecule has 172 valence electrons. The number of unbranched alkanes of at least 4 members (excludes halogenated alkanes) is 5. The van der Waals surface area contributed by atoms with E-state index in [1.165, 1.54) is 32.1 Å². The molecule has 3 heteroatoms. The number of phenolic OH excluding ortho intramolecular Hbond substituents is 1. The number of hydrogen-bond acceptors (Lipinski definition) is 3. The highest BCUT2D eigenvalue weighted by Gasteiger charge is 2.45. The third-order valence-corrected chi connectivity index (χ3v) is 5.60. The normalized spacial score (nSPS) is 13.1. The van der Waals surface area contributed by atoms with Gasteiger partial charge in [0.1, 0.15) is 5.75 Å². The Balaban J connectivity index is 2.46. The van der Waals surface area contributed by atoms with Crippen LogP contribution in [0.3, 0.4) is 0 Å². The maximum atomic E-state index is 9.88. The van der Waals surface area contributed by atoms with Crippen LogP contribution in [0.5, 0.6) is 5.75 Å². The Labute approximate surface area is 189 Å². The van der Waals surface area contributed by atoms with Gasteiger partial charge in [-0.15, -0.1) is 0 Å². The summed E-state index contributed by atoms with van der Waals surface area (Å²) >= 11 is 0. The summed E-state index contributed by atoms with van der Waals surface area (Å²) in [5, 5.41) is 9.88. The fourth-order valence-corrected chi connectivity index (χ4v) is 4.31. The van der Waals surface area contributed by atoms with Crippen LogP contribution in [0.4, 0.5) is 0 Å². The first-order chi connectivity index (χ1) is 14.9. The zero-order valence-corrected chi connectivity index (χ0v) is 20.1. The van der Waals surface area contributed by atoms with Gasteiger partial charge in [-0.25, -0.2) is 0 Å². The van der Waals surface area contributed by atoms with E-state index in [1.54, 1.807) is 12.1 Å². The average Bonchev–Trinajstić information content (AvgIpc) is 2.73. The van der Waals surface area contributed by atoms with Crippen LogP contribution in [0.1, 0.15) is 96.6 Å². The van der Waals surface area contributed by atoms with Gasteiger partial charge in [-0.1, -0.05) is 87.9 Å². The third kappa shape index (κ3) is 7.66. The van der Waals surface area contributed by atoms with Gasteiger partial charge < -0.3 is 14.6 Å². The molecule has 0 amide bonds. The quantitative estimate of drug-likeness (QED) is 0.246. The molecular weight excluding hydrogens is 384 g/mol. The van der Waals surface area contributed by atoms with Crippen LogP contribution in [0.2, 0.25) is 0 Å². The molecule has 1 N–H and O–H groups in total. The second-order valence-electron chi connectivity index (χ2n) is 9.07. The van der Waals surface area contributed by atoms with Crippen LogP contribution in [0, 0.1) is 0 Å². The minimum absolute atomic E-state index is 0.00289. The average molecular weight is 427 g/mol. The summed E-state index contributed by atoms with van der Waals surface area (Å²) in [6, 6.07) is 17.9. The lowest BCUT2D eigenvalue weighted by Gasteiger charge is -2.43. The van der Waals surface area contributed by atoms with E-state index < -0.39 is 5.79 Å². The molecule has 0 heterocycles. The van der Waals surface area contributed by atoms with Crippen molar-refractivity contribution in [3.63, 3.8) is 0 Å². The monoisotopic (exact) mass is 426 g/mol. The van der Waals surface area contributed by atoms with E-state index in [4.69, 9.17) is 9.47 Å². The summed E-state index contributed by atoms with van der Waals surface area (Å²) in [6.45, 7) is 10.5. The Morgan fingerprint density at radius 1 is 0.742 bits per heavy atom. The lowest BCUT2D eigenvalue weighted by molar-refractivity contribution is -0.292. The van der Waals surface area contributed by atoms with E-state index in [9.17, 15) is 5.11 Å². The van der Waals surface area contributed by atoms with Crippen LogP contribution in [-0.2, 0) is 15.3 Å². The molecule has 2 rings (SSSR count). The number of phenols is 1. The lowest BCUT2D eigenvalue weighted by atomic mass is 9.81. The number of benzene rings is 2. The van der Waals surface area contributed by atoms with Crippen molar-refractivity contribution in [1.82, 2.24) is 0 Å². The van der Waals surface area contributed by atoms with Gasteiger partial charge in [-0.3, -0.25) is 0 Å². The van der Waals surface area contributed by atoms with Crippen LogP contribution < -0.4 is 0 Å². The maximum Gasteiger partial charge on any atom is 0.202 e. The highest BCUT2D eigenvalue weighted by atomic mass is 16.7. The molecule has 1 unspecified atom stereocenters. The Hall–Kier alpha value is -1.84. The first-order valence-corrected chi connectivity index (χ1v) is 12.1. The van der Waals surface area contributed by atoms with E-state index in [0.29, 0.717) is 0 Å². The number of ether oxygens (including phenoxy) is 2. The largest absolute Gasteiger partial charge is 0.508 e. The zero-order chi connectivity index (χ0) is 22.7. The second-order valence-corrected chi connectivity index (χ2v) is 9.07. The summed E-state index contributed by atoms with van der Waals surface area (Å²) in [5.41, 5.74) is 2.18. The van der Waals surface area contributed by atoms with Crippen molar-refractivity contribution in [2.75, 3.05) is 0 Å². The topological polar surface area (TPSA) is 38.7 Å². The van der Waals surface area contributed by atoms with Crippen molar-refractivity contribution in [3.8, 4) is 5.75 Å². The van der Waals surface area contributed by atoms with E-state index in [2.05, 4.69) is 58.9 Å². The molecule has 0 aliphatic heterocycles. The molecule has 0 bridgehead atoms. The Kier molecular flexibility index (Phi) is 10.6. The van der Waals surface area contributed by atoms with Crippen LogP contribution in [-0.4, -0.2) is 17.3 Å². The molecule has 0 spiro atoms. The van der Waals surface area contributed by atoms with Gasteiger partial charge in [0.25, 0.3) is 0 Å². The van der Waals surface area contributed by atoms with Crippen molar-refractivity contribution in [2.24, 2.45) is 0 Å². The molecule has 0 radical (unpaired) electrons. The molecular formula is C28H42O3. The smallest absolute Gasteiger partial charge is 0.202 e. The zero-order valence-electron chi connectivity index (χ0n) is 20.1. The van der Waals surface area contributed by atoms with Gasteiger partial charge in [0.05, 0.1) is 12.2 Å². The van der Waals surface area contributed by atoms with Crippen molar-refractivity contribution in [1.29, 1.82) is 0 Å². The highest BCUT2D eigenvalue weighted by Crippen LogP contribution is 2.46. The molecule has 0 saturated carbocycles. The predicted octanol–water partition coefficient (Wildman–Crippen LogP) is 7.93. The molecule has 2 aromatic carbocycles. The standard InChI is InChI=1S/C28H42O3/c1-6-7-8-9-10-14-17-27(24-18-20-26(29)21-19-24)28(30-22(2)3,31-23(4)5)25-15-12-11-13-16-25/h11-13,15-16,18-23,27,29H,6-10,14,17H2,1-5H3.